The van der Waals surface area contributed by atoms with Crippen molar-refractivity contribution in [1.29, 1.82) is 0 Å². The number of nitrogens with zero attached hydrogens (tertiary/aromatic N) is 2. The van der Waals surface area contributed by atoms with E-state index < -0.39 is 16.0 Å². The summed E-state index contributed by atoms with van der Waals surface area (Å²) < 4.78 is 36.8. The van der Waals surface area contributed by atoms with E-state index in [0.717, 1.165) is 0 Å². The summed E-state index contributed by atoms with van der Waals surface area (Å²) in [5.74, 6) is -0.102. The van der Waals surface area contributed by atoms with Crippen molar-refractivity contribution < 1.29 is 27.5 Å². The fourth-order valence-corrected chi connectivity index (χ4v) is 4.52. The monoisotopic (exact) mass is 418 g/mol. The smallest absolute Gasteiger partial charge is 0.337 e. The molecule has 154 valence electrons. The third-order valence-corrected chi connectivity index (χ3v) is 6.67. The number of methoxy groups -OCH3 is 2. The fraction of sp³-hybridized carbons (Fsp3) is 0.300. The summed E-state index contributed by atoms with van der Waals surface area (Å²) in [5, 5.41) is 0. The number of piperazine rings is 1. The third kappa shape index (κ3) is 4.41. The van der Waals surface area contributed by atoms with Crippen LogP contribution in [0.1, 0.15) is 20.7 Å². The molecule has 8 nitrogen and oxygen atoms in total. The van der Waals surface area contributed by atoms with Crippen molar-refractivity contribution in [2.24, 2.45) is 0 Å². The van der Waals surface area contributed by atoms with Crippen LogP contribution < -0.4 is 4.74 Å². The predicted molar refractivity (Wildman–Crippen MR) is 105 cm³/mol. The van der Waals surface area contributed by atoms with Gasteiger partial charge in [-0.25, -0.2) is 13.2 Å². The van der Waals surface area contributed by atoms with E-state index in [-0.39, 0.29) is 42.5 Å². The molecule has 0 unspecified atom stereocenters. The molecule has 1 heterocycles. The highest BCUT2D eigenvalue weighted by molar-refractivity contribution is 7.89. The molecule has 9 heteroatoms. The zero-order chi connectivity index (χ0) is 21.0. The standard InChI is InChI=1S/C20H22N2O6S/c1-27-17-5-3-4-16(14-17)19(23)21-10-12-22(13-11-21)29(25,26)18-8-6-15(7-9-18)20(24)28-2/h3-9,14H,10-13H2,1-2H3. The Morgan fingerprint density at radius 2 is 1.55 bits per heavy atom. The van der Waals surface area contributed by atoms with E-state index in [1.165, 1.54) is 42.8 Å². The van der Waals surface area contributed by atoms with Crippen molar-refractivity contribution in [2.75, 3.05) is 40.4 Å². The molecule has 1 amide bonds. The van der Waals surface area contributed by atoms with Crippen LogP contribution in [-0.4, -0.2) is 69.9 Å². The van der Waals surface area contributed by atoms with Gasteiger partial charge in [-0.2, -0.15) is 4.31 Å². The number of amides is 1. The average molecular weight is 418 g/mol. The van der Waals surface area contributed by atoms with Gasteiger partial charge >= 0.3 is 5.97 Å². The maximum Gasteiger partial charge on any atom is 0.337 e. The van der Waals surface area contributed by atoms with Crippen molar-refractivity contribution >= 4 is 21.9 Å². The summed E-state index contributed by atoms with van der Waals surface area (Å²) in [6, 6.07) is 12.5. The van der Waals surface area contributed by atoms with Crippen LogP contribution in [0.4, 0.5) is 0 Å². The van der Waals surface area contributed by atoms with E-state index in [1.54, 1.807) is 29.2 Å². The number of ether oxygens (including phenoxy) is 2. The van der Waals surface area contributed by atoms with Crippen molar-refractivity contribution in [2.45, 2.75) is 4.90 Å². The number of carbonyl (C=O) groups excluding carboxylic acids is 2. The number of hydrogen-bond donors (Lipinski definition) is 0. The van der Waals surface area contributed by atoms with Crippen LogP contribution in [0, 0.1) is 0 Å². The Balaban J connectivity index is 1.67. The number of hydrogen-bond acceptors (Lipinski definition) is 6. The highest BCUT2D eigenvalue weighted by atomic mass is 32.2. The first-order valence-corrected chi connectivity index (χ1v) is 10.4. The molecular formula is C20H22N2O6S. The van der Waals surface area contributed by atoms with E-state index in [9.17, 15) is 18.0 Å². The second-order valence-electron chi connectivity index (χ2n) is 6.44. The van der Waals surface area contributed by atoms with Crippen molar-refractivity contribution in [3.8, 4) is 5.75 Å². The predicted octanol–water partition coefficient (Wildman–Crippen LogP) is 1.63. The first-order valence-electron chi connectivity index (χ1n) is 8.98. The van der Waals surface area contributed by atoms with Gasteiger partial charge in [0.15, 0.2) is 0 Å². The molecule has 1 aliphatic heterocycles. The SMILES string of the molecule is COC(=O)c1ccc(S(=O)(=O)N2CCN(C(=O)c3cccc(OC)c3)CC2)cc1. The van der Waals surface area contributed by atoms with Gasteiger partial charge < -0.3 is 14.4 Å². The number of carbonyl (C=O) groups is 2. The molecule has 0 saturated carbocycles. The summed E-state index contributed by atoms with van der Waals surface area (Å²) in [6.45, 7) is 0.957. The van der Waals surface area contributed by atoms with Crippen LogP contribution in [0.5, 0.6) is 5.75 Å². The van der Waals surface area contributed by atoms with E-state index in [2.05, 4.69) is 4.74 Å². The van der Waals surface area contributed by atoms with Crippen LogP contribution in [0.3, 0.4) is 0 Å². The number of benzene rings is 2. The van der Waals surface area contributed by atoms with E-state index >= 15 is 0 Å². The summed E-state index contributed by atoms with van der Waals surface area (Å²) in [6.07, 6.45) is 0. The molecule has 0 radical (unpaired) electrons. The Hall–Kier alpha value is -2.91. The van der Waals surface area contributed by atoms with Gasteiger partial charge in [-0.05, 0) is 42.5 Å². The minimum atomic E-state index is -3.71. The van der Waals surface area contributed by atoms with Gasteiger partial charge in [0.1, 0.15) is 5.75 Å². The van der Waals surface area contributed by atoms with E-state index in [4.69, 9.17) is 4.74 Å². The molecule has 1 aliphatic rings. The molecule has 0 bridgehead atoms. The maximum atomic E-state index is 12.9. The van der Waals surface area contributed by atoms with Crippen LogP contribution in [0.2, 0.25) is 0 Å². The molecule has 0 spiro atoms. The molecule has 1 saturated heterocycles. The molecule has 1 fully saturated rings. The number of esters is 1. The molecule has 0 aromatic heterocycles. The highest BCUT2D eigenvalue weighted by Gasteiger charge is 2.30. The molecule has 3 rings (SSSR count). The Labute approximate surface area is 169 Å². The lowest BCUT2D eigenvalue weighted by Gasteiger charge is -2.34. The molecule has 0 atom stereocenters. The summed E-state index contributed by atoms with van der Waals surface area (Å²) in [7, 11) is -0.917. The zero-order valence-corrected chi connectivity index (χ0v) is 17.0. The first-order chi connectivity index (χ1) is 13.9. The lowest BCUT2D eigenvalue weighted by molar-refractivity contribution is 0.0600. The van der Waals surface area contributed by atoms with Gasteiger partial charge in [0, 0.05) is 31.7 Å². The van der Waals surface area contributed by atoms with Gasteiger partial charge in [0.05, 0.1) is 24.7 Å². The second-order valence-corrected chi connectivity index (χ2v) is 8.38. The quantitative estimate of drug-likeness (QED) is 0.685. The van der Waals surface area contributed by atoms with Gasteiger partial charge in [-0.3, -0.25) is 4.79 Å². The minimum Gasteiger partial charge on any atom is -0.497 e. The maximum absolute atomic E-state index is 12.9. The largest absolute Gasteiger partial charge is 0.497 e. The lowest BCUT2D eigenvalue weighted by Crippen LogP contribution is -2.50. The molecule has 0 aliphatic carbocycles. The molecular weight excluding hydrogens is 396 g/mol. The third-order valence-electron chi connectivity index (χ3n) is 4.76. The van der Waals surface area contributed by atoms with E-state index in [0.29, 0.717) is 11.3 Å². The highest BCUT2D eigenvalue weighted by Crippen LogP contribution is 2.20. The van der Waals surface area contributed by atoms with Crippen LogP contribution in [0.25, 0.3) is 0 Å². The van der Waals surface area contributed by atoms with Gasteiger partial charge in [0.2, 0.25) is 10.0 Å². The Morgan fingerprint density at radius 3 is 2.14 bits per heavy atom. The molecule has 2 aromatic rings. The van der Waals surface area contributed by atoms with Crippen molar-refractivity contribution in [3.05, 3.63) is 59.7 Å². The van der Waals surface area contributed by atoms with Crippen LogP contribution >= 0.6 is 0 Å². The Morgan fingerprint density at radius 1 is 0.897 bits per heavy atom. The number of rotatable bonds is 5. The summed E-state index contributed by atoms with van der Waals surface area (Å²) in [4.78, 5) is 25.9. The topological polar surface area (TPSA) is 93.2 Å². The Kier molecular flexibility index (Phi) is 6.19. The molecule has 29 heavy (non-hydrogen) atoms. The van der Waals surface area contributed by atoms with E-state index in [1.807, 2.05) is 0 Å². The molecule has 2 aromatic carbocycles. The van der Waals surface area contributed by atoms with Crippen LogP contribution in [-0.2, 0) is 14.8 Å². The van der Waals surface area contributed by atoms with Crippen LogP contribution in [0.15, 0.2) is 53.4 Å². The zero-order valence-electron chi connectivity index (χ0n) is 16.2. The van der Waals surface area contributed by atoms with Gasteiger partial charge in [-0.15, -0.1) is 0 Å². The van der Waals surface area contributed by atoms with Crippen molar-refractivity contribution in [1.82, 2.24) is 9.21 Å². The average Bonchev–Trinajstić information content (AvgIpc) is 2.78. The van der Waals surface area contributed by atoms with Gasteiger partial charge in [0.25, 0.3) is 5.91 Å². The normalized spacial score (nSPS) is 15.0. The summed E-state index contributed by atoms with van der Waals surface area (Å²) in [5.41, 5.74) is 0.777. The summed E-state index contributed by atoms with van der Waals surface area (Å²) >= 11 is 0. The number of sulfonamides is 1. The second kappa shape index (κ2) is 8.62. The Bertz CT molecular complexity index is 996. The fourth-order valence-electron chi connectivity index (χ4n) is 3.10. The lowest BCUT2D eigenvalue weighted by atomic mass is 10.1. The first kappa shape index (κ1) is 20.8. The van der Waals surface area contributed by atoms with Gasteiger partial charge in [-0.1, -0.05) is 6.07 Å². The molecule has 0 N–H and O–H groups in total. The van der Waals surface area contributed by atoms with Crippen molar-refractivity contribution in [3.63, 3.8) is 0 Å². The minimum absolute atomic E-state index is 0.0951.